The first-order valence-corrected chi connectivity index (χ1v) is 19.0. The van der Waals surface area contributed by atoms with Gasteiger partial charge < -0.3 is 19.9 Å². The van der Waals surface area contributed by atoms with Gasteiger partial charge in [-0.3, -0.25) is 9.59 Å². The van der Waals surface area contributed by atoms with E-state index < -0.39 is 6.04 Å². The van der Waals surface area contributed by atoms with Crippen molar-refractivity contribution in [2.75, 3.05) is 39.8 Å². The number of hydrogen-bond donors (Lipinski definition) is 1. The fourth-order valence-corrected chi connectivity index (χ4v) is 7.04. The lowest BCUT2D eigenvalue weighted by atomic mass is 9.95. The number of ether oxygens (including phenoxy) is 1. The number of benzene rings is 2. The molecule has 266 valence electrons. The number of carbonyl (C=O) groups excluding carboxylic acids is 2. The Bertz CT molecular complexity index is 1660. The van der Waals surface area contributed by atoms with Crippen molar-refractivity contribution < 1.29 is 14.3 Å². The Morgan fingerprint density at radius 2 is 1.54 bits per heavy atom. The molecule has 5 rings (SSSR count). The third-order valence-electron chi connectivity index (χ3n) is 9.21. The maximum Gasteiger partial charge on any atom is 0.262 e. The van der Waals surface area contributed by atoms with Crippen molar-refractivity contribution >= 4 is 23.2 Å². The maximum absolute atomic E-state index is 13.9. The summed E-state index contributed by atoms with van der Waals surface area (Å²) in [5.41, 5.74) is 3.78. The fraction of sp³-hybridized carbons (Fsp3) is 0.463. The molecule has 50 heavy (non-hydrogen) atoms. The van der Waals surface area contributed by atoms with Gasteiger partial charge in [0.1, 0.15) is 11.8 Å². The SMILES string of the molecule is CCCCCCCOc1ccc(-c2cnc(-c3ccc(CC(NC(=O)c4ccc(C(C)(C)C)s4)C(=O)N4CCCN(C)CC4)cc3)nc2)cc1. The van der Waals surface area contributed by atoms with Crippen molar-refractivity contribution in [2.24, 2.45) is 0 Å². The minimum atomic E-state index is -0.671. The predicted octanol–water partition coefficient (Wildman–Crippen LogP) is 8.02. The first kappa shape index (κ1) is 37.2. The average molecular weight is 696 g/mol. The van der Waals surface area contributed by atoms with E-state index >= 15 is 0 Å². The lowest BCUT2D eigenvalue weighted by Crippen LogP contribution is -2.50. The standard InChI is InChI=1S/C41H53N5O3S/c1-6-7-8-9-10-26-49-34-18-16-31(17-19-34)33-28-42-38(43-29-33)32-14-12-30(13-15-32)27-35(40(48)46-23-11-22-45(5)24-25-46)44-39(47)36-20-21-37(50-36)41(2,3)4/h12-21,28-29,35H,6-11,22-27H2,1-5H3,(H,44,47). The van der Waals surface area contributed by atoms with Crippen molar-refractivity contribution in [3.8, 4) is 28.3 Å². The van der Waals surface area contributed by atoms with Gasteiger partial charge in [0.2, 0.25) is 5.91 Å². The molecule has 2 aromatic heterocycles. The zero-order chi connectivity index (χ0) is 35.5. The van der Waals surface area contributed by atoms with Crippen LogP contribution in [0.15, 0.2) is 73.1 Å². The maximum atomic E-state index is 13.9. The van der Waals surface area contributed by atoms with Crippen LogP contribution in [0, 0.1) is 0 Å². The quantitative estimate of drug-likeness (QED) is 0.135. The number of likely N-dealkylation sites (N-methyl/N-ethyl adjacent to an activating group) is 1. The number of nitrogens with one attached hydrogen (secondary N) is 1. The van der Waals surface area contributed by atoms with Gasteiger partial charge >= 0.3 is 0 Å². The summed E-state index contributed by atoms with van der Waals surface area (Å²) in [5, 5.41) is 3.10. The largest absolute Gasteiger partial charge is 0.494 e. The Kier molecular flexibility index (Phi) is 13.2. The summed E-state index contributed by atoms with van der Waals surface area (Å²) in [6.45, 7) is 12.5. The molecule has 0 aliphatic carbocycles. The fourth-order valence-electron chi connectivity index (χ4n) is 6.07. The van der Waals surface area contributed by atoms with Gasteiger partial charge in [-0.05, 0) is 67.2 Å². The summed E-state index contributed by atoms with van der Waals surface area (Å²) in [6.07, 6.45) is 11.1. The number of thiophene rings is 1. The van der Waals surface area contributed by atoms with Gasteiger partial charge in [0, 0.05) is 54.5 Å². The van der Waals surface area contributed by atoms with Crippen LogP contribution in [0.3, 0.4) is 0 Å². The number of rotatable bonds is 14. The van der Waals surface area contributed by atoms with Crippen LogP contribution in [0.4, 0.5) is 0 Å². The second kappa shape index (κ2) is 17.7. The van der Waals surface area contributed by atoms with Gasteiger partial charge in [0.15, 0.2) is 5.82 Å². The summed E-state index contributed by atoms with van der Waals surface area (Å²) in [5.74, 6) is 1.27. The van der Waals surface area contributed by atoms with Crippen LogP contribution in [0.25, 0.3) is 22.5 Å². The number of unbranched alkanes of at least 4 members (excludes halogenated alkanes) is 4. The van der Waals surface area contributed by atoms with E-state index in [1.165, 1.54) is 37.0 Å². The molecular formula is C41H53N5O3S. The summed E-state index contributed by atoms with van der Waals surface area (Å²) in [6, 6.07) is 19.3. The topological polar surface area (TPSA) is 87.7 Å². The molecule has 4 aromatic rings. The molecule has 1 N–H and O–H groups in total. The molecule has 0 spiro atoms. The second-order valence-electron chi connectivity index (χ2n) is 14.4. The summed E-state index contributed by atoms with van der Waals surface area (Å²) in [4.78, 5) is 42.6. The number of aromatic nitrogens is 2. The molecule has 3 heterocycles. The van der Waals surface area contributed by atoms with E-state index in [4.69, 9.17) is 4.74 Å². The Balaban J connectivity index is 1.23. The predicted molar refractivity (Wildman–Crippen MR) is 204 cm³/mol. The molecule has 1 aliphatic heterocycles. The molecule has 2 aromatic carbocycles. The molecule has 8 nitrogen and oxygen atoms in total. The zero-order valence-corrected chi connectivity index (χ0v) is 31.2. The molecule has 1 saturated heterocycles. The molecule has 2 amide bonds. The lowest BCUT2D eigenvalue weighted by Gasteiger charge is -2.27. The van der Waals surface area contributed by atoms with Crippen LogP contribution in [0.5, 0.6) is 5.75 Å². The van der Waals surface area contributed by atoms with Gasteiger partial charge in [-0.15, -0.1) is 11.3 Å². The van der Waals surface area contributed by atoms with Crippen molar-refractivity contribution in [3.63, 3.8) is 0 Å². The Labute approximate surface area is 302 Å². The molecule has 9 heteroatoms. The highest BCUT2D eigenvalue weighted by atomic mass is 32.1. The molecule has 1 unspecified atom stereocenters. The van der Waals surface area contributed by atoms with E-state index in [0.717, 1.165) is 65.4 Å². The van der Waals surface area contributed by atoms with Crippen molar-refractivity contribution in [3.05, 3.63) is 88.4 Å². The minimum absolute atomic E-state index is 0.0359. The molecule has 1 atom stereocenters. The summed E-state index contributed by atoms with van der Waals surface area (Å²) >= 11 is 1.49. The first-order valence-electron chi connectivity index (χ1n) is 18.1. The highest BCUT2D eigenvalue weighted by Gasteiger charge is 2.29. The monoisotopic (exact) mass is 695 g/mol. The van der Waals surface area contributed by atoms with Crippen LogP contribution in [0.1, 0.15) is 86.3 Å². The van der Waals surface area contributed by atoms with Crippen LogP contribution in [-0.4, -0.2) is 77.5 Å². The third kappa shape index (κ3) is 10.5. The molecule has 0 bridgehead atoms. The normalized spacial score (nSPS) is 14.6. The first-order chi connectivity index (χ1) is 24.1. The highest BCUT2D eigenvalue weighted by molar-refractivity contribution is 7.14. The van der Waals surface area contributed by atoms with Crippen LogP contribution >= 0.6 is 11.3 Å². The number of amides is 2. The molecule has 0 radical (unpaired) electrons. The Hall–Kier alpha value is -4.08. The van der Waals surface area contributed by atoms with Crippen molar-refractivity contribution in [2.45, 2.75) is 84.1 Å². The van der Waals surface area contributed by atoms with Crippen LogP contribution < -0.4 is 10.1 Å². The van der Waals surface area contributed by atoms with Crippen LogP contribution in [0.2, 0.25) is 0 Å². The van der Waals surface area contributed by atoms with Gasteiger partial charge in [-0.2, -0.15) is 0 Å². The van der Waals surface area contributed by atoms with E-state index in [1.807, 2.05) is 78.0 Å². The van der Waals surface area contributed by atoms with E-state index in [9.17, 15) is 9.59 Å². The number of hydrogen-bond acceptors (Lipinski definition) is 7. The van der Waals surface area contributed by atoms with E-state index in [0.29, 0.717) is 30.2 Å². The molecule has 0 saturated carbocycles. The third-order valence-corrected chi connectivity index (χ3v) is 10.7. The average Bonchev–Trinajstić information content (AvgIpc) is 3.54. The zero-order valence-electron chi connectivity index (χ0n) is 30.4. The Morgan fingerprint density at radius 1 is 0.840 bits per heavy atom. The molecule has 1 aliphatic rings. The van der Waals surface area contributed by atoms with E-state index in [2.05, 4.69) is 54.9 Å². The molecule has 1 fully saturated rings. The number of carbonyl (C=O) groups is 2. The van der Waals surface area contributed by atoms with E-state index in [-0.39, 0.29) is 17.2 Å². The lowest BCUT2D eigenvalue weighted by molar-refractivity contribution is -0.133. The smallest absolute Gasteiger partial charge is 0.262 e. The van der Waals surface area contributed by atoms with Gasteiger partial charge in [0.05, 0.1) is 11.5 Å². The van der Waals surface area contributed by atoms with Gasteiger partial charge in [-0.25, -0.2) is 9.97 Å². The van der Waals surface area contributed by atoms with Gasteiger partial charge in [-0.1, -0.05) is 89.8 Å². The molecular weight excluding hydrogens is 643 g/mol. The number of nitrogens with zero attached hydrogens (tertiary/aromatic N) is 4. The summed E-state index contributed by atoms with van der Waals surface area (Å²) < 4.78 is 5.92. The van der Waals surface area contributed by atoms with Gasteiger partial charge in [0.25, 0.3) is 5.91 Å². The summed E-state index contributed by atoms with van der Waals surface area (Å²) in [7, 11) is 2.08. The van der Waals surface area contributed by atoms with E-state index in [1.54, 1.807) is 0 Å². The minimum Gasteiger partial charge on any atom is -0.494 e. The highest BCUT2D eigenvalue weighted by Crippen LogP contribution is 2.30. The second-order valence-corrected chi connectivity index (χ2v) is 15.5. The van der Waals surface area contributed by atoms with Crippen LogP contribution in [-0.2, 0) is 16.6 Å². The van der Waals surface area contributed by atoms with Crippen molar-refractivity contribution in [1.29, 1.82) is 0 Å². The van der Waals surface area contributed by atoms with Crippen molar-refractivity contribution in [1.82, 2.24) is 25.1 Å². The Morgan fingerprint density at radius 3 is 2.22 bits per heavy atom.